The third kappa shape index (κ3) is 3.05. The van der Waals surface area contributed by atoms with Crippen LogP contribution in [0.1, 0.15) is 5.56 Å². The van der Waals surface area contributed by atoms with Gasteiger partial charge in [-0.1, -0.05) is 66.7 Å². The monoisotopic (exact) mass is 420 g/mol. The molecule has 1 heterocycles. The van der Waals surface area contributed by atoms with Gasteiger partial charge in [0.15, 0.2) is 18.9 Å². The summed E-state index contributed by atoms with van der Waals surface area (Å²) in [5.74, 6) is 0. The van der Waals surface area contributed by atoms with Crippen LogP contribution in [-0.2, 0) is 6.54 Å². The second kappa shape index (κ2) is 7.15. The number of hydrogen-bond donors (Lipinski definition) is 0. The molecule has 0 aliphatic carbocycles. The topological polar surface area (TPSA) is 3.88 Å². The third-order valence-corrected chi connectivity index (χ3v) is 6.88. The zero-order chi connectivity index (χ0) is 21.8. The molecule has 0 spiro atoms. The van der Waals surface area contributed by atoms with Gasteiger partial charge in [-0.25, -0.2) is 4.57 Å². The summed E-state index contributed by atoms with van der Waals surface area (Å²) < 4.78 is 2.32. The molecule has 0 radical (unpaired) electrons. The fourth-order valence-electron chi connectivity index (χ4n) is 5.22. The first kappa shape index (κ1) is 18.4. The van der Waals surface area contributed by atoms with Gasteiger partial charge in [-0.05, 0) is 84.9 Å². The lowest BCUT2D eigenvalue weighted by molar-refractivity contribution is -0.686. The van der Waals surface area contributed by atoms with Crippen molar-refractivity contribution in [2.75, 3.05) is 0 Å². The second-order valence-corrected chi connectivity index (χ2v) is 8.94. The van der Waals surface area contributed by atoms with E-state index in [4.69, 9.17) is 0 Å². The fourth-order valence-corrected chi connectivity index (χ4v) is 5.22. The smallest absolute Gasteiger partial charge is 0.176 e. The minimum atomic E-state index is 0.829. The molecule has 0 amide bonds. The Morgan fingerprint density at radius 2 is 0.879 bits per heavy atom. The molecule has 1 aromatic heterocycles. The van der Waals surface area contributed by atoms with Crippen molar-refractivity contribution >= 4 is 53.9 Å². The lowest BCUT2D eigenvalue weighted by Gasteiger charge is -2.13. The van der Waals surface area contributed by atoms with Gasteiger partial charge in [0.1, 0.15) is 0 Å². The highest BCUT2D eigenvalue weighted by Crippen LogP contribution is 2.34. The molecule has 0 N–H and O–H groups in total. The predicted octanol–water partition coefficient (Wildman–Crippen LogP) is 7.79. The van der Waals surface area contributed by atoms with Crippen molar-refractivity contribution < 1.29 is 4.57 Å². The van der Waals surface area contributed by atoms with E-state index in [1.54, 1.807) is 0 Å². The summed E-state index contributed by atoms with van der Waals surface area (Å²) in [7, 11) is 0. The van der Waals surface area contributed by atoms with Crippen LogP contribution in [0.15, 0.2) is 122 Å². The van der Waals surface area contributed by atoms with E-state index >= 15 is 0 Å². The van der Waals surface area contributed by atoms with E-state index < -0.39 is 0 Å². The summed E-state index contributed by atoms with van der Waals surface area (Å²) in [6.07, 6.45) is 4.47. The minimum absolute atomic E-state index is 0.829. The van der Waals surface area contributed by atoms with Crippen molar-refractivity contribution in [3.8, 4) is 0 Å². The maximum atomic E-state index is 2.37. The summed E-state index contributed by atoms with van der Waals surface area (Å²) in [5.41, 5.74) is 1.37. The molecule has 0 bridgehead atoms. The van der Waals surface area contributed by atoms with Crippen molar-refractivity contribution in [3.05, 3.63) is 127 Å². The molecule has 0 unspecified atom stereocenters. The summed E-state index contributed by atoms with van der Waals surface area (Å²) in [4.78, 5) is 0. The summed E-state index contributed by atoms with van der Waals surface area (Å²) in [6, 6.07) is 39.9. The molecular weight excluding hydrogens is 398 g/mol. The normalized spacial score (nSPS) is 11.8. The number of hydrogen-bond acceptors (Lipinski definition) is 0. The van der Waals surface area contributed by atoms with E-state index in [2.05, 4.69) is 126 Å². The Labute approximate surface area is 192 Å². The Balaban J connectivity index is 1.55. The maximum absolute atomic E-state index is 2.37. The van der Waals surface area contributed by atoms with E-state index in [1.807, 2.05) is 0 Å². The first-order valence-corrected chi connectivity index (χ1v) is 11.5. The Kier molecular flexibility index (Phi) is 3.97. The van der Waals surface area contributed by atoms with Crippen molar-refractivity contribution in [2.45, 2.75) is 6.54 Å². The van der Waals surface area contributed by atoms with Gasteiger partial charge in [0.2, 0.25) is 0 Å². The van der Waals surface area contributed by atoms with Gasteiger partial charge in [-0.2, -0.15) is 0 Å². The molecule has 33 heavy (non-hydrogen) atoms. The van der Waals surface area contributed by atoms with Crippen LogP contribution in [-0.4, -0.2) is 0 Å². The molecule has 0 aliphatic rings. The minimum Gasteiger partial charge on any atom is -0.200 e. The van der Waals surface area contributed by atoms with E-state index in [0.29, 0.717) is 0 Å². The van der Waals surface area contributed by atoms with Crippen molar-refractivity contribution in [1.82, 2.24) is 0 Å². The molecule has 0 saturated carbocycles. The van der Waals surface area contributed by atoms with Gasteiger partial charge >= 0.3 is 0 Å². The molecule has 6 aromatic carbocycles. The molecule has 1 nitrogen and oxygen atoms in total. The average Bonchev–Trinajstić information content (AvgIpc) is 2.86. The Morgan fingerprint density at radius 1 is 0.424 bits per heavy atom. The highest BCUT2D eigenvalue weighted by Gasteiger charge is 2.15. The standard InChI is InChI=1S/C32H22N/c1-6-12-27-20-33(14-13-22(27)7-1)21-32-30-18-25-10-4-2-8-23(25)15-28(30)17-29-16-24-9-3-5-11-26(24)19-31(29)32/h1-20H,21H2/q+1. The molecule has 1 heteroatoms. The van der Waals surface area contributed by atoms with Gasteiger partial charge in [-0.3, -0.25) is 0 Å². The molecule has 0 fully saturated rings. The van der Waals surface area contributed by atoms with Crippen LogP contribution in [0, 0.1) is 0 Å². The van der Waals surface area contributed by atoms with Crippen molar-refractivity contribution in [3.63, 3.8) is 0 Å². The lowest BCUT2D eigenvalue weighted by Crippen LogP contribution is -2.33. The molecule has 0 saturated heterocycles. The fraction of sp³-hybridized carbons (Fsp3) is 0.0312. The van der Waals surface area contributed by atoms with E-state index in [9.17, 15) is 0 Å². The van der Waals surface area contributed by atoms with Gasteiger partial charge in [-0.15, -0.1) is 0 Å². The first-order chi connectivity index (χ1) is 16.3. The number of pyridine rings is 1. The number of aromatic nitrogens is 1. The van der Waals surface area contributed by atoms with E-state index in [-0.39, 0.29) is 0 Å². The average molecular weight is 421 g/mol. The number of nitrogens with zero attached hydrogens (tertiary/aromatic N) is 1. The highest BCUT2D eigenvalue weighted by atomic mass is 14.9. The largest absolute Gasteiger partial charge is 0.200 e. The molecule has 154 valence electrons. The van der Waals surface area contributed by atoms with E-state index in [1.165, 1.54) is 59.4 Å². The maximum Gasteiger partial charge on any atom is 0.176 e. The Morgan fingerprint density at radius 3 is 1.45 bits per heavy atom. The summed E-state index contributed by atoms with van der Waals surface area (Å²) in [5, 5.41) is 12.9. The highest BCUT2D eigenvalue weighted by molar-refractivity contribution is 6.10. The van der Waals surface area contributed by atoms with Crippen LogP contribution in [0.25, 0.3) is 53.9 Å². The summed E-state index contributed by atoms with van der Waals surface area (Å²) in [6.45, 7) is 0.829. The zero-order valence-corrected chi connectivity index (χ0v) is 18.2. The summed E-state index contributed by atoms with van der Waals surface area (Å²) >= 11 is 0. The molecular formula is C32H22N+. The van der Waals surface area contributed by atoms with E-state index in [0.717, 1.165) is 6.54 Å². The first-order valence-electron chi connectivity index (χ1n) is 11.5. The van der Waals surface area contributed by atoms with Crippen LogP contribution < -0.4 is 4.57 Å². The second-order valence-electron chi connectivity index (χ2n) is 8.94. The number of fused-ring (bicyclic) bond motifs is 5. The van der Waals surface area contributed by atoms with Crippen molar-refractivity contribution in [1.29, 1.82) is 0 Å². The third-order valence-electron chi connectivity index (χ3n) is 6.88. The number of rotatable bonds is 2. The molecule has 0 aliphatic heterocycles. The Bertz CT molecular complexity index is 1750. The van der Waals surface area contributed by atoms with Crippen LogP contribution in [0.5, 0.6) is 0 Å². The Hall–Kier alpha value is -4.23. The number of benzene rings is 6. The van der Waals surface area contributed by atoms with Gasteiger partial charge in [0, 0.05) is 17.0 Å². The molecule has 7 rings (SSSR count). The lowest BCUT2D eigenvalue weighted by atomic mass is 9.92. The van der Waals surface area contributed by atoms with Gasteiger partial charge in [0.05, 0.1) is 0 Å². The zero-order valence-electron chi connectivity index (χ0n) is 18.2. The van der Waals surface area contributed by atoms with Crippen LogP contribution in [0.4, 0.5) is 0 Å². The molecule has 0 atom stereocenters. The van der Waals surface area contributed by atoms with Gasteiger partial charge < -0.3 is 0 Å². The molecule has 7 aromatic rings. The van der Waals surface area contributed by atoms with Crippen molar-refractivity contribution in [2.24, 2.45) is 0 Å². The van der Waals surface area contributed by atoms with Crippen LogP contribution >= 0.6 is 0 Å². The predicted molar refractivity (Wildman–Crippen MR) is 140 cm³/mol. The quantitative estimate of drug-likeness (QED) is 0.198. The van der Waals surface area contributed by atoms with Crippen LogP contribution in [0.2, 0.25) is 0 Å². The SMILES string of the molecule is c1ccc2c[n+](Cc3c4cc5ccccc5cc4cc4cc5ccccc5cc34)ccc2c1. The van der Waals surface area contributed by atoms with Crippen LogP contribution in [0.3, 0.4) is 0 Å². The van der Waals surface area contributed by atoms with Gasteiger partial charge in [0.25, 0.3) is 0 Å².